The second-order valence-electron chi connectivity index (χ2n) is 6.09. The largest absolute Gasteiger partial charge is 0.480 e. The van der Waals surface area contributed by atoms with E-state index in [2.05, 4.69) is 11.9 Å². The Hall–Kier alpha value is -1.36. The van der Waals surface area contributed by atoms with Crippen molar-refractivity contribution < 1.29 is 14.7 Å². The smallest absolute Gasteiger partial charge is 0.320 e. The van der Waals surface area contributed by atoms with Crippen molar-refractivity contribution in [3.8, 4) is 0 Å². The number of hydrogen-bond acceptors (Lipinski definition) is 3. The third-order valence-electron chi connectivity index (χ3n) is 3.89. The maximum atomic E-state index is 11.6. The molecule has 0 aromatic heterocycles. The summed E-state index contributed by atoms with van der Waals surface area (Å²) in [7, 11) is 0. The predicted molar refractivity (Wildman–Crippen MR) is 94.2 cm³/mol. The Bertz CT molecular complexity index is 332. The zero-order valence-electron chi connectivity index (χ0n) is 14.4. The molecule has 0 aromatic carbocycles. The first-order valence-electron chi connectivity index (χ1n) is 8.94. The van der Waals surface area contributed by atoms with Crippen molar-refractivity contribution in [2.75, 3.05) is 6.54 Å². The third kappa shape index (κ3) is 15.3. The minimum Gasteiger partial charge on any atom is -0.480 e. The van der Waals surface area contributed by atoms with Crippen LogP contribution in [0.4, 0.5) is 0 Å². The van der Waals surface area contributed by atoms with Crippen LogP contribution in [0.3, 0.4) is 0 Å². The van der Waals surface area contributed by atoms with E-state index in [1.165, 1.54) is 32.1 Å². The highest BCUT2D eigenvalue weighted by molar-refractivity contribution is 5.75. The molecule has 0 bridgehead atoms. The summed E-state index contributed by atoms with van der Waals surface area (Å²) in [5.74, 6) is -0.867. The van der Waals surface area contributed by atoms with Gasteiger partial charge in [-0.05, 0) is 38.5 Å². The maximum Gasteiger partial charge on any atom is 0.320 e. The van der Waals surface area contributed by atoms with Crippen molar-refractivity contribution in [3.05, 3.63) is 12.7 Å². The van der Waals surface area contributed by atoms with Gasteiger partial charge in [0, 0.05) is 13.0 Å². The lowest BCUT2D eigenvalue weighted by molar-refractivity contribution is -0.138. The van der Waals surface area contributed by atoms with Crippen LogP contribution in [0.15, 0.2) is 12.7 Å². The van der Waals surface area contributed by atoms with E-state index >= 15 is 0 Å². The van der Waals surface area contributed by atoms with E-state index in [-0.39, 0.29) is 5.91 Å². The summed E-state index contributed by atoms with van der Waals surface area (Å²) in [5, 5.41) is 11.5. The van der Waals surface area contributed by atoms with Gasteiger partial charge < -0.3 is 16.2 Å². The van der Waals surface area contributed by atoms with Crippen molar-refractivity contribution in [2.24, 2.45) is 5.73 Å². The fraction of sp³-hybridized carbons (Fsp3) is 0.778. The lowest BCUT2D eigenvalue weighted by Gasteiger charge is -2.07. The number of hydrogen-bond donors (Lipinski definition) is 3. The number of carboxylic acids is 1. The minimum atomic E-state index is -0.963. The molecule has 0 unspecified atom stereocenters. The second kappa shape index (κ2) is 15.5. The molecule has 0 aliphatic heterocycles. The summed E-state index contributed by atoms with van der Waals surface area (Å²) in [6.45, 7) is 4.32. The molecule has 0 saturated heterocycles. The fourth-order valence-electron chi connectivity index (χ4n) is 2.39. The van der Waals surface area contributed by atoms with E-state index in [4.69, 9.17) is 10.8 Å². The normalized spacial score (nSPS) is 11.9. The molecule has 5 nitrogen and oxygen atoms in total. The number of nitrogens with one attached hydrogen (secondary N) is 1. The summed E-state index contributed by atoms with van der Waals surface area (Å²) < 4.78 is 0. The van der Waals surface area contributed by atoms with Gasteiger partial charge >= 0.3 is 5.97 Å². The van der Waals surface area contributed by atoms with Gasteiger partial charge in [-0.1, -0.05) is 38.2 Å². The van der Waals surface area contributed by atoms with Crippen LogP contribution in [0.5, 0.6) is 0 Å². The molecule has 0 aromatic rings. The first-order valence-corrected chi connectivity index (χ1v) is 8.94. The van der Waals surface area contributed by atoms with Gasteiger partial charge in [-0.25, -0.2) is 0 Å². The Balaban J connectivity index is 3.28. The van der Waals surface area contributed by atoms with Crippen LogP contribution in [0.1, 0.15) is 77.0 Å². The van der Waals surface area contributed by atoms with Crippen molar-refractivity contribution in [1.29, 1.82) is 0 Å². The van der Waals surface area contributed by atoms with E-state index in [1.807, 2.05) is 6.08 Å². The lowest BCUT2D eigenvalue weighted by Crippen LogP contribution is -2.30. The quantitative estimate of drug-likeness (QED) is 0.299. The Kier molecular flexibility index (Phi) is 14.6. The van der Waals surface area contributed by atoms with E-state index in [0.29, 0.717) is 19.4 Å². The predicted octanol–water partition coefficient (Wildman–Crippen LogP) is 3.38. The molecule has 0 fully saturated rings. The number of aliphatic carboxylic acids is 1. The van der Waals surface area contributed by atoms with E-state index in [1.54, 1.807) is 0 Å². The second-order valence-corrected chi connectivity index (χ2v) is 6.09. The Labute approximate surface area is 140 Å². The zero-order chi connectivity index (χ0) is 17.3. The maximum absolute atomic E-state index is 11.6. The van der Waals surface area contributed by atoms with Crippen LogP contribution in [0.2, 0.25) is 0 Å². The van der Waals surface area contributed by atoms with Crippen LogP contribution >= 0.6 is 0 Å². The molecule has 134 valence electrons. The van der Waals surface area contributed by atoms with Gasteiger partial charge in [-0.2, -0.15) is 0 Å². The first-order chi connectivity index (χ1) is 11.1. The Morgan fingerprint density at radius 1 is 1.00 bits per heavy atom. The van der Waals surface area contributed by atoms with Crippen LogP contribution in [-0.4, -0.2) is 29.6 Å². The van der Waals surface area contributed by atoms with Gasteiger partial charge in [-0.3, -0.25) is 9.59 Å². The number of carbonyl (C=O) groups excluding carboxylic acids is 1. The number of allylic oxidation sites excluding steroid dienone is 1. The van der Waals surface area contributed by atoms with Gasteiger partial charge in [-0.15, -0.1) is 6.58 Å². The standard InChI is InChI=1S/C18H34N2O3/c1-2-3-4-5-6-7-8-9-10-14-17(21)20-15-12-11-13-16(19)18(22)23/h2,16H,1,3-15,19H2,(H,20,21)(H,22,23)/t16-/m0/s1. The molecule has 0 rings (SSSR count). The number of amides is 1. The molecule has 0 heterocycles. The summed E-state index contributed by atoms with van der Waals surface area (Å²) in [6, 6.07) is -0.789. The van der Waals surface area contributed by atoms with E-state index in [0.717, 1.165) is 32.1 Å². The van der Waals surface area contributed by atoms with E-state index < -0.39 is 12.0 Å². The molecule has 1 atom stereocenters. The molecule has 0 aliphatic rings. The van der Waals surface area contributed by atoms with Gasteiger partial charge in [0.1, 0.15) is 6.04 Å². The fourth-order valence-corrected chi connectivity index (χ4v) is 2.39. The van der Waals surface area contributed by atoms with Crippen molar-refractivity contribution in [2.45, 2.75) is 83.1 Å². The highest BCUT2D eigenvalue weighted by Gasteiger charge is 2.10. The van der Waals surface area contributed by atoms with Gasteiger partial charge in [0.25, 0.3) is 0 Å². The Morgan fingerprint density at radius 2 is 1.61 bits per heavy atom. The topological polar surface area (TPSA) is 92.4 Å². The monoisotopic (exact) mass is 326 g/mol. The number of rotatable bonds is 16. The molecule has 23 heavy (non-hydrogen) atoms. The Morgan fingerprint density at radius 3 is 2.22 bits per heavy atom. The zero-order valence-corrected chi connectivity index (χ0v) is 14.4. The van der Waals surface area contributed by atoms with Crippen LogP contribution in [0, 0.1) is 0 Å². The average molecular weight is 326 g/mol. The molecular weight excluding hydrogens is 292 g/mol. The molecule has 5 heteroatoms. The molecule has 0 aliphatic carbocycles. The molecule has 0 spiro atoms. The highest BCUT2D eigenvalue weighted by Crippen LogP contribution is 2.09. The summed E-state index contributed by atoms with van der Waals surface area (Å²) in [5.41, 5.74) is 5.41. The summed E-state index contributed by atoms with van der Waals surface area (Å²) >= 11 is 0. The van der Waals surface area contributed by atoms with E-state index in [9.17, 15) is 9.59 Å². The van der Waals surface area contributed by atoms with Crippen LogP contribution in [0.25, 0.3) is 0 Å². The summed E-state index contributed by atoms with van der Waals surface area (Å²) in [6.07, 6.45) is 13.9. The number of unbranched alkanes of at least 4 members (excludes halogenated alkanes) is 8. The van der Waals surface area contributed by atoms with Crippen molar-refractivity contribution in [3.63, 3.8) is 0 Å². The average Bonchev–Trinajstić information content (AvgIpc) is 2.52. The first kappa shape index (κ1) is 21.6. The summed E-state index contributed by atoms with van der Waals surface area (Å²) in [4.78, 5) is 22.1. The van der Waals surface area contributed by atoms with Gasteiger partial charge in [0.2, 0.25) is 5.91 Å². The number of carboxylic acid groups (broad SMARTS) is 1. The minimum absolute atomic E-state index is 0.0958. The van der Waals surface area contributed by atoms with Crippen LogP contribution in [-0.2, 0) is 9.59 Å². The molecule has 1 amide bonds. The number of nitrogens with two attached hydrogens (primary N) is 1. The van der Waals surface area contributed by atoms with Crippen molar-refractivity contribution in [1.82, 2.24) is 5.32 Å². The molecular formula is C18H34N2O3. The highest BCUT2D eigenvalue weighted by atomic mass is 16.4. The molecule has 4 N–H and O–H groups in total. The van der Waals surface area contributed by atoms with Gasteiger partial charge in [0.15, 0.2) is 0 Å². The third-order valence-corrected chi connectivity index (χ3v) is 3.89. The van der Waals surface area contributed by atoms with Crippen molar-refractivity contribution >= 4 is 11.9 Å². The van der Waals surface area contributed by atoms with Crippen LogP contribution < -0.4 is 11.1 Å². The molecule has 0 radical (unpaired) electrons. The van der Waals surface area contributed by atoms with Gasteiger partial charge in [0.05, 0.1) is 0 Å². The molecule has 0 saturated carbocycles. The lowest BCUT2D eigenvalue weighted by atomic mass is 10.1. The number of carbonyl (C=O) groups is 2. The SMILES string of the molecule is C=CCCCCCCCCCC(=O)NCCCC[C@H](N)C(=O)O.